The number of anilines is 2. The van der Waals surface area contributed by atoms with Crippen LogP contribution in [0.15, 0.2) is 50.8 Å². The average Bonchev–Trinajstić information content (AvgIpc) is 3.18. The number of halogens is 4. The number of carbonyl (C=O) groups excluding carboxylic acids is 2. The topological polar surface area (TPSA) is 84.0 Å². The van der Waals surface area contributed by atoms with E-state index in [2.05, 4.69) is 84.6 Å². The van der Waals surface area contributed by atoms with Gasteiger partial charge >= 0.3 is 0 Å². The van der Waals surface area contributed by atoms with Crippen molar-refractivity contribution in [2.45, 2.75) is 22.5 Å². The molecule has 0 aliphatic carbocycles. The molecule has 1 heterocycles. The van der Waals surface area contributed by atoms with Gasteiger partial charge in [0, 0.05) is 17.9 Å². The predicted octanol–water partition coefficient (Wildman–Crippen LogP) is 7.67. The average molecular weight is 760 g/mol. The first kappa shape index (κ1) is 27.2. The summed E-state index contributed by atoms with van der Waals surface area (Å²) in [6.45, 7) is 3.86. The molecule has 0 radical (unpaired) electrons. The third-order valence-corrected chi connectivity index (χ3v) is 9.43. The van der Waals surface area contributed by atoms with Gasteiger partial charge < -0.3 is 10.6 Å². The summed E-state index contributed by atoms with van der Waals surface area (Å²) >= 11 is 17.8. The molecule has 0 saturated heterocycles. The number of nitrogens with one attached hydrogen (secondary N) is 2. The second-order valence-corrected chi connectivity index (χ2v) is 13.6. The van der Waals surface area contributed by atoms with Crippen molar-refractivity contribution in [1.29, 1.82) is 0 Å². The van der Waals surface area contributed by atoms with Crippen LogP contribution >= 0.6 is 98.6 Å². The van der Waals surface area contributed by atoms with Gasteiger partial charge in [0.25, 0.3) is 0 Å². The fourth-order valence-electron chi connectivity index (χ4n) is 2.64. The molecule has 0 bridgehead atoms. The lowest BCUT2D eigenvalue weighted by atomic mass is 10.2. The number of thioether (sulfide) groups is 2. The number of nitrogens with zero attached hydrogens (tertiary/aromatic N) is 2. The van der Waals surface area contributed by atoms with Gasteiger partial charge in [-0.15, -0.1) is 10.2 Å². The van der Waals surface area contributed by atoms with Crippen LogP contribution in [0.3, 0.4) is 0 Å². The van der Waals surface area contributed by atoms with Crippen molar-refractivity contribution in [3.8, 4) is 0 Å². The lowest BCUT2D eigenvalue weighted by Crippen LogP contribution is -2.15. The Morgan fingerprint density at radius 2 is 1.18 bits per heavy atom. The summed E-state index contributed by atoms with van der Waals surface area (Å²) < 4.78 is 4.84. The Balaban J connectivity index is 1.48. The Hall–Kier alpha value is -0.440. The quantitative estimate of drug-likeness (QED) is 0.230. The minimum Gasteiger partial charge on any atom is -0.324 e. The maximum absolute atomic E-state index is 12.4. The van der Waals surface area contributed by atoms with Crippen LogP contribution in [-0.2, 0) is 9.59 Å². The molecule has 0 aliphatic rings. The zero-order valence-corrected chi connectivity index (χ0v) is 26.0. The van der Waals surface area contributed by atoms with Crippen LogP contribution in [0.4, 0.5) is 11.4 Å². The van der Waals surface area contributed by atoms with E-state index in [0.29, 0.717) is 8.68 Å². The second-order valence-electron chi connectivity index (χ2n) is 6.67. The first-order valence-corrected chi connectivity index (χ1v) is 15.2. The molecule has 2 aromatic carbocycles. The molecule has 174 valence electrons. The molecule has 0 atom stereocenters. The van der Waals surface area contributed by atoms with Crippen LogP contribution in [-0.4, -0.2) is 33.5 Å². The molecule has 1 aromatic heterocycles. The molecular weight excluding hydrogens is 744 g/mol. The van der Waals surface area contributed by atoms with Crippen LogP contribution in [0.1, 0.15) is 11.1 Å². The first-order chi connectivity index (χ1) is 15.6. The van der Waals surface area contributed by atoms with Gasteiger partial charge in [-0.1, -0.05) is 66.7 Å². The zero-order chi connectivity index (χ0) is 24.1. The van der Waals surface area contributed by atoms with E-state index in [0.717, 1.165) is 40.4 Å². The summed E-state index contributed by atoms with van der Waals surface area (Å²) in [5, 5.41) is 14.1. The molecule has 0 unspecified atom stereocenters. The third-order valence-electron chi connectivity index (χ3n) is 4.07. The fourth-order valence-corrected chi connectivity index (χ4v) is 8.34. The molecule has 0 fully saturated rings. The third kappa shape index (κ3) is 8.04. The molecule has 33 heavy (non-hydrogen) atoms. The Kier molecular flexibility index (Phi) is 10.3. The molecule has 0 spiro atoms. The largest absolute Gasteiger partial charge is 0.324 e. The van der Waals surface area contributed by atoms with Crippen LogP contribution in [0.2, 0.25) is 0 Å². The fraction of sp³-hybridized carbons (Fsp3) is 0.200. The summed E-state index contributed by atoms with van der Waals surface area (Å²) in [5.41, 5.74) is 3.40. The smallest absolute Gasteiger partial charge is 0.234 e. The monoisotopic (exact) mass is 756 g/mol. The predicted molar refractivity (Wildman–Crippen MR) is 152 cm³/mol. The van der Waals surface area contributed by atoms with Gasteiger partial charge in [0.1, 0.15) is 0 Å². The van der Waals surface area contributed by atoms with Gasteiger partial charge in [-0.2, -0.15) is 0 Å². The molecule has 0 aliphatic heterocycles. The highest BCUT2D eigenvalue weighted by Crippen LogP contribution is 2.33. The normalized spacial score (nSPS) is 10.8. The Morgan fingerprint density at radius 3 is 1.55 bits per heavy atom. The van der Waals surface area contributed by atoms with Crippen LogP contribution in [0.25, 0.3) is 0 Å². The lowest BCUT2D eigenvalue weighted by molar-refractivity contribution is -0.114. The zero-order valence-electron chi connectivity index (χ0n) is 17.2. The lowest BCUT2D eigenvalue weighted by Gasteiger charge is -2.11. The highest BCUT2D eigenvalue weighted by atomic mass is 79.9. The van der Waals surface area contributed by atoms with Crippen molar-refractivity contribution < 1.29 is 9.59 Å². The molecule has 3 aromatic rings. The van der Waals surface area contributed by atoms with E-state index in [-0.39, 0.29) is 23.3 Å². The van der Waals surface area contributed by atoms with E-state index in [1.54, 1.807) is 0 Å². The van der Waals surface area contributed by atoms with E-state index in [1.807, 2.05) is 38.1 Å². The SMILES string of the molecule is Cc1cc(Br)cc(Br)c1NC(=O)CSc1nnc(SCC(=O)Nc2c(C)cc(Br)cc2Br)s1. The number of benzene rings is 2. The van der Waals surface area contributed by atoms with Crippen molar-refractivity contribution in [2.24, 2.45) is 0 Å². The number of hydrogen-bond donors (Lipinski definition) is 2. The highest BCUT2D eigenvalue weighted by Gasteiger charge is 2.14. The Bertz CT molecular complexity index is 1070. The molecule has 13 heteroatoms. The van der Waals surface area contributed by atoms with Crippen LogP contribution in [0.5, 0.6) is 0 Å². The van der Waals surface area contributed by atoms with Gasteiger partial charge in [-0.05, 0) is 81.1 Å². The van der Waals surface area contributed by atoms with E-state index in [1.165, 1.54) is 34.9 Å². The van der Waals surface area contributed by atoms with Crippen molar-refractivity contribution in [3.05, 3.63) is 53.3 Å². The maximum atomic E-state index is 12.4. The summed E-state index contributed by atoms with van der Waals surface area (Å²) in [6.07, 6.45) is 0. The number of aryl methyl sites for hydroxylation is 2. The molecule has 3 rings (SSSR count). The van der Waals surface area contributed by atoms with Gasteiger partial charge in [-0.25, -0.2) is 0 Å². The number of amides is 2. The maximum Gasteiger partial charge on any atom is 0.234 e. The first-order valence-electron chi connectivity index (χ1n) is 9.22. The van der Waals surface area contributed by atoms with Gasteiger partial charge in [-0.3, -0.25) is 9.59 Å². The molecule has 2 amide bonds. The number of rotatable bonds is 8. The minimum atomic E-state index is -0.134. The van der Waals surface area contributed by atoms with Crippen molar-refractivity contribution >= 4 is 122 Å². The number of aromatic nitrogens is 2. The van der Waals surface area contributed by atoms with Gasteiger partial charge in [0.2, 0.25) is 11.8 Å². The van der Waals surface area contributed by atoms with Crippen molar-refractivity contribution in [3.63, 3.8) is 0 Å². The minimum absolute atomic E-state index is 0.134. The summed E-state index contributed by atoms with van der Waals surface area (Å²) in [6, 6.07) is 7.65. The second kappa shape index (κ2) is 12.5. The highest BCUT2D eigenvalue weighted by molar-refractivity contribution is 9.11. The molecule has 0 saturated carbocycles. The van der Waals surface area contributed by atoms with Gasteiger partial charge in [0.15, 0.2) is 8.68 Å². The van der Waals surface area contributed by atoms with E-state index in [4.69, 9.17) is 0 Å². The van der Waals surface area contributed by atoms with Gasteiger partial charge in [0.05, 0.1) is 22.9 Å². The molecule has 6 nitrogen and oxygen atoms in total. The summed E-state index contributed by atoms with van der Waals surface area (Å²) in [5.74, 6) is 0.146. The van der Waals surface area contributed by atoms with E-state index < -0.39 is 0 Å². The molecule has 2 N–H and O–H groups in total. The summed E-state index contributed by atoms with van der Waals surface area (Å²) in [4.78, 5) is 24.7. The number of hydrogen-bond acceptors (Lipinski definition) is 7. The standard InChI is InChI=1S/C20H16Br4N4O2S3/c1-9-3-11(21)5-13(23)17(9)25-15(29)7-31-19-27-28-20(33-19)32-8-16(30)26-18-10(2)4-12(22)6-14(18)24/h3-6H,7-8H2,1-2H3,(H,25,29)(H,26,30). The van der Waals surface area contributed by atoms with Crippen LogP contribution < -0.4 is 10.6 Å². The van der Waals surface area contributed by atoms with Crippen LogP contribution in [0, 0.1) is 13.8 Å². The van der Waals surface area contributed by atoms with Crippen molar-refractivity contribution in [2.75, 3.05) is 22.1 Å². The number of carbonyl (C=O) groups is 2. The van der Waals surface area contributed by atoms with Crippen molar-refractivity contribution in [1.82, 2.24) is 10.2 Å². The summed E-state index contributed by atoms with van der Waals surface area (Å²) in [7, 11) is 0. The van der Waals surface area contributed by atoms with E-state index >= 15 is 0 Å². The molecular formula is C20H16Br4N4O2S3. The Labute approximate surface area is 237 Å². The Morgan fingerprint density at radius 1 is 0.788 bits per heavy atom. The van der Waals surface area contributed by atoms with E-state index in [9.17, 15) is 9.59 Å².